The van der Waals surface area contributed by atoms with Gasteiger partial charge >= 0.3 is 0 Å². The Bertz CT molecular complexity index is 412. The predicted octanol–water partition coefficient (Wildman–Crippen LogP) is 4.23. The highest BCUT2D eigenvalue weighted by Gasteiger charge is 2.19. The van der Waals surface area contributed by atoms with Gasteiger partial charge in [-0.2, -0.15) is 0 Å². The minimum Gasteiger partial charge on any atom is -0.313 e. The minimum atomic E-state index is 0.561. The van der Waals surface area contributed by atoms with E-state index in [2.05, 4.69) is 108 Å². The molecule has 0 saturated carbocycles. The molecular weight excluding hydrogens is 382 g/mol. The number of hydrogen-bond donors (Lipinski definition) is 1. The fourth-order valence-electron chi connectivity index (χ4n) is 4.25. The fourth-order valence-corrected chi connectivity index (χ4v) is 4.25. The van der Waals surface area contributed by atoms with Crippen molar-refractivity contribution >= 4 is 0 Å². The van der Waals surface area contributed by atoms with E-state index in [9.17, 15) is 0 Å². The average Bonchev–Trinajstić information content (AvgIpc) is 2.62. The maximum absolute atomic E-state index is 3.57. The van der Waals surface area contributed by atoms with E-state index < -0.39 is 0 Å². The summed E-state index contributed by atoms with van der Waals surface area (Å²) in [5.74, 6) is 0. The Morgan fingerprint density at radius 3 is 1.03 bits per heavy atom. The second-order valence-corrected chi connectivity index (χ2v) is 10.9. The molecular formula is C26H59N5. The van der Waals surface area contributed by atoms with Crippen LogP contribution < -0.4 is 5.32 Å². The van der Waals surface area contributed by atoms with Crippen molar-refractivity contribution in [3.63, 3.8) is 0 Å². The summed E-state index contributed by atoms with van der Waals surface area (Å²) in [5, 5.41) is 3.57. The first kappa shape index (κ1) is 30.8. The third-order valence-corrected chi connectivity index (χ3v) is 6.46. The highest BCUT2D eigenvalue weighted by Crippen LogP contribution is 2.08. The molecule has 188 valence electrons. The molecule has 0 aliphatic carbocycles. The zero-order chi connectivity index (χ0) is 24.1. The summed E-state index contributed by atoms with van der Waals surface area (Å²) in [7, 11) is 0. The SMILES string of the molecule is CC(C)NCCN(CCN(CCN(CCN(C(C)C)C(C)C)C(C)C)C(C)C)C(C)C. The normalized spacial score (nSPS) is 13.4. The van der Waals surface area contributed by atoms with Gasteiger partial charge in [-0.25, -0.2) is 0 Å². The topological polar surface area (TPSA) is 25.0 Å². The van der Waals surface area contributed by atoms with Crippen molar-refractivity contribution in [2.45, 2.75) is 119 Å². The molecule has 1 N–H and O–H groups in total. The Balaban J connectivity index is 4.76. The molecule has 0 bridgehead atoms. The van der Waals surface area contributed by atoms with Gasteiger partial charge in [0.05, 0.1) is 0 Å². The van der Waals surface area contributed by atoms with Crippen molar-refractivity contribution in [2.75, 3.05) is 52.4 Å². The molecule has 0 fully saturated rings. The zero-order valence-electron chi connectivity index (χ0n) is 23.4. The van der Waals surface area contributed by atoms with Crippen molar-refractivity contribution in [1.82, 2.24) is 24.9 Å². The summed E-state index contributed by atoms with van der Waals surface area (Å²) < 4.78 is 0. The van der Waals surface area contributed by atoms with Crippen molar-refractivity contribution in [3.8, 4) is 0 Å². The molecule has 0 heterocycles. The van der Waals surface area contributed by atoms with Crippen LogP contribution in [0.1, 0.15) is 83.1 Å². The molecule has 0 saturated heterocycles. The summed E-state index contributed by atoms with van der Waals surface area (Å²) >= 11 is 0. The van der Waals surface area contributed by atoms with Crippen LogP contribution in [0, 0.1) is 0 Å². The van der Waals surface area contributed by atoms with Crippen LogP contribution in [0.15, 0.2) is 0 Å². The standard InChI is InChI=1S/C26H59N5/c1-21(2)27-13-14-28(22(3)4)15-16-29(23(5)6)17-18-30(24(7)8)19-20-31(25(9)10)26(11)12/h21-27H,13-20H2,1-12H3. The Morgan fingerprint density at radius 1 is 0.419 bits per heavy atom. The Morgan fingerprint density at radius 2 is 0.742 bits per heavy atom. The first-order valence-corrected chi connectivity index (χ1v) is 13.1. The molecule has 0 amide bonds. The lowest BCUT2D eigenvalue weighted by Crippen LogP contribution is -2.48. The summed E-state index contributed by atoms with van der Waals surface area (Å²) in [4.78, 5) is 10.6. The van der Waals surface area contributed by atoms with E-state index in [0.29, 0.717) is 36.3 Å². The lowest BCUT2D eigenvalue weighted by Gasteiger charge is -2.37. The third-order valence-electron chi connectivity index (χ3n) is 6.46. The van der Waals surface area contributed by atoms with Crippen LogP contribution in [0.25, 0.3) is 0 Å². The number of nitrogens with one attached hydrogen (secondary N) is 1. The van der Waals surface area contributed by atoms with E-state index in [1.807, 2.05) is 0 Å². The fraction of sp³-hybridized carbons (Fsp3) is 1.00. The van der Waals surface area contributed by atoms with Gasteiger partial charge in [0.15, 0.2) is 0 Å². The maximum atomic E-state index is 3.57. The molecule has 0 rings (SSSR count). The number of hydrogen-bond acceptors (Lipinski definition) is 5. The molecule has 0 unspecified atom stereocenters. The molecule has 0 aliphatic heterocycles. The molecule has 0 aliphatic rings. The largest absolute Gasteiger partial charge is 0.313 e. The van der Waals surface area contributed by atoms with Crippen LogP contribution >= 0.6 is 0 Å². The Labute approximate surface area is 196 Å². The summed E-state index contributed by atoms with van der Waals surface area (Å²) in [5.41, 5.74) is 0. The van der Waals surface area contributed by atoms with Gasteiger partial charge in [0, 0.05) is 88.6 Å². The predicted molar refractivity (Wildman–Crippen MR) is 140 cm³/mol. The Hall–Kier alpha value is -0.200. The zero-order valence-corrected chi connectivity index (χ0v) is 23.4. The van der Waals surface area contributed by atoms with Gasteiger partial charge in [0.1, 0.15) is 0 Å². The molecule has 5 nitrogen and oxygen atoms in total. The molecule has 0 aromatic carbocycles. The summed E-state index contributed by atoms with van der Waals surface area (Å²) in [6.45, 7) is 36.8. The van der Waals surface area contributed by atoms with Crippen LogP contribution in [0.2, 0.25) is 0 Å². The van der Waals surface area contributed by atoms with Crippen LogP contribution in [0.5, 0.6) is 0 Å². The van der Waals surface area contributed by atoms with Crippen molar-refractivity contribution in [3.05, 3.63) is 0 Å². The number of rotatable bonds is 18. The van der Waals surface area contributed by atoms with E-state index >= 15 is 0 Å². The molecule has 0 aromatic rings. The average molecular weight is 442 g/mol. The summed E-state index contributed by atoms with van der Waals surface area (Å²) in [6, 6.07) is 3.53. The van der Waals surface area contributed by atoms with Crippen molar-refractivity contribution in [1.29, 1.82) is 0 Å². The first-order valence-electron chi connectivity index (χ1n) is 13.1. The van der Waals surface area contributed by atoms with Crippen molar-refractivity contribution < 1.29 is 0 Å². The smallest absolute Gasteiger partial charge is 0.0115 e. The van der Waals surface area contributed by atoms with E-state index in [0.717, 1.165) is 52.4 Å². The molecule has 0 aromatic heterocycles. The molecule has 31 heavy (non-hydrogen) atoms. The van der Waals surface area contributed by atoms with E-state index in [-0.39, 0.29) is 0 Å². The molecule has 0 spiro atoms. The van der Waals surface area contributed by atoms with Gasteiger partial charge in [0.25, 0.3) is 0 Å². The first-order chi connectivity index (χ1) is 14.4. The third kappa shape index (κ3) is 13.8. The maximum Gasteiger partial charge on any atom is 0.0115 e. The summed E-state index contributed by atoms with van der Waals surface area (Å²) in [6.07, 6.45) is 0. The molecule has 5 heteroatoms. The number of nitrogens with zero attached hydrogens (tertiary/aromatic N) is 4. The van der Waals surface area contributed by atoms with Crippen LogP contribution in [0.4, 0.5) is 0 Å². The van der Waals surface area contributed by atoms with Gasteiger partial charge in [-0.15, -0.1) is 0 Å². The van der Waals surface area contributed by atoms with Gasteiger partial charge in [-0.3, -0.25) is 19.6 Å². The van der Waals surface area contributed by atoms with Crippen LogP contribution in [0.3, 0.4) is 0 Å². The second kappa shape index (κ2) is 16.4. The van der Waals surface area contributed by atoms with Crippen LogP contribution in [-0.4, -0.2) is 108 Å². The quantitative estimate of drug-likeness (QED) is 0.343. The lowest BCUT2D eigenvalue weighted by atomic mass is 10.2. The molecule has 0 atom stereocenters. The van der Waals surface area contributed by atoms with Gasteiger partial charge in [-0.05, 0) is 69.2 Å². The molecule has 0 radical (unpaired) electrons. The van der Waals surface area contributed by atoms with E-state index in [1.54, 1.807) is 0 Å². The highest BCUT2D eigenvalue weighted by molar-refractivity contribution is 4.75. The van der Waals surface area contributed by atoms with Crippen molar-refractivity contribution in [2.24, 2.45) is 0 Å². The highest BCUT2D eigenvalue weighted by atomic mass is 15.3. The monoisotopic (exact) mass is 441 g/mol. The lowest BCUT2D eigenvalue weighted by molar-refractivity contribution is 0.105. The van der Waals surface area contributed by atoms with E-state index in [4.69, 9.17) is 0 Å². The minimum absolute atomic E-state index is 0.561. The van der Waals surface area contributed by atoms with Gasteiger partial charge < -0.3 is 5.32 Å². The van der Waals surface area contributed by atoms with Gasteiger partial charge in [0.2, 0.25) is 0 Å². The van der Waals surface area contributed by atoms with Gasteiger partial charge in [-0.1, -0.05) is 13.8 Å². The second-order valence-electron chi connectivity index (χ2n) is 10.9. The van der Waals surface area contributed by atoms with Crippen LogP contribution in [-0.2, 0) is 0 Å². The van der Waals surface area contributed by atoms with E-state index in [1.165, 1.54) is 0 Å². The Kier molecular flexibility index (Phi) is 16.3.